The number of carbonyl (C=O) groups excluding carboxylic acids is 1. The number of sulfonamides is 1. The second kappa shape index (κ2) is 5.90. The summed E-state index contributed by atoms with van der Waals surface area (Å²) < 4.78 is 22.6. The number of hydrogen-bond donors (Lipinski definition) is 2. The van der Waals surface area contributed by atoms with Crippen molar-refractivity contribution in [1.29, 1.82) is 0 Å². The van der Waals surface area contributed by atoms with E-state index in [0.29, 0.717) is 0 Å². The third kappa shape index (κ3) is 4.19. The van der Waals surface area contributed by atoms with Crippen molar-refractivity contribution in [3.63, 3.8) is 0 Å². The van der Waals surface area contributed by atoms with E-state index >= 15 is 0 Å². The third-order valence-electron chi connectivity index (χ3n) is 2.86. The fraction of sp³-hybridized carbons (Fsp3) is 0.417. The lowest BCUT2D eigenvalue weighted by Crippen LogP contribution is -2.36. The summed E-state index contributed by atoms with van der Waals surface area (Å²) in [5.41, 5.74) is 0.209. The number of carbonyl (C=O) groups is 1. The number of rotatable bonds is 4. The van der Waals surface area contributed by atoms with Crippen molar-refractivity contribution in [1.82, 2.24) is 5.32 Å². The van der Waals surface area contributed by atoms with Crippen LogP contribution < -0.4 is 10.5 Å². The largest absolute Gasteiger partial charge is 0.349 e. The molecule has 0 fully saturated rings. The summed E-state index contributed by atoms with van der Waals surface area (Å²) in [4.78, 5) is 11.7. The van der Waals surface area contributed by atoms with Crippen molar-refractivity contribution in [3.05, 3.63) is 28.8 Å². The molecule has 0 aliphatic carbocycles. The molecule has 0 saturated heterocycles. The van der Waals surface area contributed by atoms with E-state index in [1.165, 1.54) is 18.2 Å². The maximum absolute atomic E-state index is 12.0. The van der Waals surface area contributed by atoms with Gasteiger partial charge in [0.05, 0.1) is 5.02 Å². The molecule has 0 heterocycles. The van der Waals surface area contributed by atoms with Gasteiger partial charge in [-0.2, -0.15) is 0 Å². The number of hydrogen-bond acceptors (Lipinski definition) is 3. The molecule has 0 radical (unpaired) electrons. The number of nitrogens with one attached hydrogen (secondary N) is 1. The Labute approximate surface area is 118 Å². The number of nitrogens with two attached hydrogens (primary N) is 1. The molecule has 0 saturated carbocycles. The van der Waals surface area contributed by atoms with Crippen LogP contribution in [0.4, 0.5) is 0 Å². The Balaban J connectivity index is 3.07. The van der Waals surface area contributed by atoms with Crippen LogP contribution in [0.3, 0.4) is 0 Å². The molecule has 1 atom stereocenters. The number of primary sulfonamides is 1. The van der Waals surface area contributed by atoms with Gasteiger partial charge in [-0.15, -0.1) is 0 Å². The van der Waals surface area contributed by atoms with E-state index in [0.717, 1.165) is 0 Å². The van der Waals surface area contributed by atoms with Gasteiger partial charge in [-0.05, 0) is 31.0 Å². The van der Waals surface area contributed by atoms with Crippen LogP contribution in [0.5, 0.6) is 0 Å². The second-order valence-electron chi connectivity index (χ2n) is 4.70. The molecule has 1 rings (SSSR count). The minimum atomic E-state index is -3.95. The van der Waals surface area contributed by atoms with Crippen molar-refractivity contribution in [2.24, 2.45) is 11.1 Å². The summed E-state index contributed by atoms with van der Waals surface area (Å²) >= 11 is 5.75. The van der Waals surface area contributed by atoms with Gasteiger partial charge >= 0.3 is 0 Å². The summed E-state index contributed by atoms with van der Waals surface area (Å²) in [6, 6.07) is 3.96. The molecule has 5 nitrogen and oxygen atoms in total. The van der Waals surface area contributed by atoms with E-state index in [4.69, 9.17) is 16.7 Å². The zero-order valence-electron chi connectivity index (χ0n) is 11.0. The molecule has 19 heavy (non-hydrogen) atoms. The predicted octanol–water partition coefficient (Wildman–Crippen LogP) is 1.76. The minimum Gasteiger partial charge on any atom is -0.349 e. The fourth-order valence-electron chi connectivity index (χ4n) is 1.32. The first kappa shape index (κ1) is 15.9. The average molecular weight is 305 g/mol. The summed E-state index contributed by atoms with van der Waals surface area (Å²) in [5, 5.41) is 7.80. The number of benzene rings is 1. The molecule has 3 N–H and O–H groups in total. The lowest BCUT2D eigenvalue weighted by molar-refractivity contribution is 0.0930. The second-order valence-corrected chi connectivity index (χ2v) is 6.63. The van der Waals surface area contributed by atoms with Crippen LogP contribution in [-0.2, 0) is 10.0 Å². The Morgan fingerprint density at radius 3 is 2.37 bits per heavy atom. The maximum Gasteiger partial charge on any atom is 0.251 e. The molecule has 1 aromatic rings. The highest BCUT2D eigenvalue weighted by molar-refractivity contribution is 7.89. The molecule has 0 bridgehead atoms. The van der Waals surface area contributed by atoms with Gasteiger partial charge in [-0.3, -0.25) is 4.79 Å². The first-order chi connectivity index (χ1) is 8.62. The molecule has 7 heteroatoms. The highest BCUT2D eigenvalue weighted by atomic mass is 35.5. The first-order valence-electron chi connectivity index (χ1n) is 5.76. The fourth-order valence-corrected chi connectivity index (χ4v) is 2.39. The van der Waals surface area contributed by atoms with Gasteiger partial charge in [-0.25, -0.2) is 13.6 Å². The molecular weight excluding hydrogens is 288 g/mol. The molecule has 0 spiro atoms. The van der Waals surface area contributed by atoms with Gasteiger partial charge in [0.2, 0.25) is 10.0 Å². The molecular formula is C12H17ClN2O3S. The Hall–Kier alpha value is -1.11. The Bertz CT molecular complexity index is 585. The van der Waals surface area contributed by atoms with Crippen molar-refractivity contribution in [2.45, 2.75) is 31.7 Å². The molecule has 106 valence electrons. The predicted molar refractivity (Wildman–Crippen MR) is 74.6 cm³/mol. The van der Waals surface area contributed by atoms with E-state index in [1.54, 1.807) is 0 Å². The molecule has 0 aromatic heterocycles. The van der Waals surface area contributed by atoms with Crippen molar-refractivity contribution >= 4 is 27.5 Å². The smallest absolute Gasteiger partial charge is 0.251 e. The van der Waals surface area contributed by atoms with Crippen molar-refractivity contribution in [2.75, 3.05) is 0 Å². The van der Waals surface area contributed by atoms with E-state index in [-0.39, 0.29) is 33.3 Å². The van der Waals surface area contributed by atoms with E-state index in [9.17, 15) is 13.2 Å². The third-order valence-corrected chi connectivity index (χ3v) is 4.25. The zero-order valence-corrected chi connectivity index (χ0v) is 12.5. The van der Waals surface area contributed by atoms with Crippen LogP contribution in [0.2, 0.25) is 5.02 Å². The van der Waals surface area contributed by atoms with Crippen LogP contribution in [0.25, 0.3) is 0 Å². The summed E-state index contributed by atoms with van der Waals surface area (Å²) in [6.07, 6.45) is 0. The van der Waals surface area contributed by atoms with Crippen LogP contribution in [0.15, 0.2) is 23.1 Å². The van der Waals surface area contributed by atoms with Gasteiger partial charge in [0, 0.05) is 11.6 Å². The van der Waals surface area contributed by atoms with Crippen molar-refractivity contribution in [3.8, 4) is 0 Å². The topological polar surface area (TPSA) is 89.3 Å². The molecule has 1 amide bonds. The highest BCUT2D eigenvalue weighted by Gasteiger charge is 2.18. The van der Waals surface area contributed by atoms with Crippen LogP contribution in [0.1, 0.15) is 31.1 Å². The van der Waals surface area contributed by atoms with Gasteiger partial charge in [0.25, 0.3) is 5.91 Å². The summed E-state index contributed by atoms with van der Waals surface area (Å²) in [6.45, 7) is 5.82. The standard InChI is InChI=1S/C12H17ClN2O3S/c1-7(2)8(3)15-12(16)9-4-5-10(13)11(6-9)19(14,17)18/h4-8H,1-3H3,(H,15,16)(H2,14,17,18). The van der Waals surface area contributed by atoms with Gasteiger partial charge < -0.3 is 5.32 Å². The number of halogens is 1. The zero-order chi connectivity index (χ0) is 14.8. The lowest BCUT2D eigenvalue weighted by Gasteiger charge is -2.17. The average Bonchev–Trinajstić information content (AvgIpc) is 2.27. The van der Waals surface area contributed by atoms with Gasteiger partial charge in [0.1, 0.15) is 4.90 Å². The Morgan fingerprint density at radius 1 is 1.32 bits per heavy atom. The maximum atomic E-state index is 12.0. The minimum absolute atomic E-state index is 0.00374. The molecule has 1 unspecified atom stereocenters. The van der Waals surface area contributed by atoms with E-state index in [1.807, 2.05) is 20.8 Å². The van der Waals surface area contributed by atoms with E-state index < -0.39 is 10.0 Å². The van der Waals surface area contributed by atoms with Gasteiger partial charge in [-0.1, -0.05) is 25.4 Å². The quantitative estimate of drug-likeness (QED) is 0.888. The van der Waals surface area contributed by atoms with Crippen molar-refractivity contribution < 1.29 is 13.2 Å². The highest BCUT2D eigenvalue weighted by Crippen LogP contribution is 2.21. The molecule has 0 aliphatic rings. The first-order valence-corrected chi connectivity index (χ1v) is 7.68. The number of amides is 1. The normalized spacial score (nSPS) is 13.4. The Kier molecular flexibility index (Phi) is 4.95. The van der Waals surface area contributed by atoms with Crippen LogP contribution in [-0.4, -0.2) is 20.4 Å². The van der Waals surface area contributed by atoms with Gasteiger partial charge in [0.15, 0.2) is 0 Å². The Morgan fingerprint density at radius 2 is 1.89 bits per heavy atom. The van der Waals surface area contributed by atoms with E-state index in [2.05, 4.69) is 5.32 Å². The molecule has 0 aliphatic heterocycles. The summed E-state index contributed by atoms with van der Waals surface area (Å²) in [5.74, 6) is -0.0864. The SMILES string of the molecule is CC(C)C(C)NC(=O)c1ccc(Cl)c(S(N)(=O)=O)c1. The monoisotopic (exact) mass is 304 g/mol. The lowest BCUT2D eigenvalue weighted by atomic mass is 10.1. The summed E-state index contributed by atoms with van der Waals surface area (Å²) in [7, 11) is -3.95. The van der Waals surface area contributed by atoms with Crippen LogP contribution in [0, 0.1) is 5.92 Å². The molecule has 1 aromatic carbocycles. The van der Waals surface area contributed by atoms with Crippen LogP contribution >= 0.6 is 11.6 Å².